The van der Waals surface area contributed by atoms with E-state index in [-0.39, 0.29) is 36.0 Å². The molecule has 1 N–H and O–H groups in total. The fourth-order valence-corrected chi connectivity index (χ4v) is 4.49. The Labute approximate surface area is 188 Å². The van der Waals surface area contributed by atoms with Crippen LogP contribution in [0.4, 0.5) is 5.82 Å². The molecule has 0 aliphatic carbocycles. The van der Waals surface area contributed by atoms with Crippen molar-refractivity contribution in [2.45, 2.75) is 39.7 Å². The van der Waals surface area contributed by atoms with Gasteiger partial charge in [0.2, 0.25) is 17.7 Å². The number of aromatic nitrogens is 1. The molecule has 0 radical (unpaired) electrons. The number of hydrogen-bond acceptors (Lipinski definition) is 4. The van der Waals surface area contributed by atoms with Crippen LogP contribution in [-0.2, 0) is 20.9 Å². The number of hydrogen-bond donors (Lipinski definition) is 1. The molecule has 7 nitrogen and oxygen atoms in total. The zero-order valence-electron chi connectivity index (χ0n) is 18.7. The largest absolute Gasteiger partial charge is 0.342 e. The first-order valence-corrected chi connectivity index (χ1v) is 11.3. The van der Waals surface area contributed by atoms with Gasteiger partial charge in [0.15, 0.2) is 0 Å². The molecule has 1 aromatic carbocycles. The average Bonchev–Trinajstić information content (AvgIpc) is 3.15. The van der Waals surface area contributed by atoms with E-state index in [1.807, 2.05) is 50.2 Å². The van der Waals surface area contributed by atoms with E-state index in [1.54, 1.807) is 15.9 Å². The molecular formula is C25H30N4O3. The van der Waals surface area contributed by atoms with Gasteiger partial charge in [-0.15, -0.1) is 0 Å². The number of nitrogens with one attached hydrogen (secondary N) is 1. The number of aryl methyl sites for hydroxylation is 2. The Morgan fingerprint density at radius 1 is 1.06 bits per heavy atom. The van der Waals surface area contributed by atoms with Gasteiger partial charge in [-0.3, -0.25) is 14.4 Å². The second kappa shape index (κ2) is 9.51. The summed E-state index contributed by atoms with van der Waals surface area (Å²) < 4.78 is 0. The van der Waals surface area contributed by atoms with Crippen molar-refractivity contribution in [3.63, 3.8) is 0 Å². The highest BCUT2D eigenvalue weighted by Gasteiger charge is 2.38. The molecule has 0 bridgehead atoms. The highest BCUT2D eigenvalue weighted by molar-refractivity contribution is 5.93. The van der Waals surface area contributed by atoms with Gasteiger partial charge in [0, 0.05) is 38.3 Å². The monoisotopic (exact) mass is 434 g/mol. The van der Waals surface area contributed by atoms with Crippen molar-refractivity contribution in [2.75, 3.05) is 25.0 Å². The van der Waals surface area contributed by atoms with E-state index in [0.29, 0.717) is 32.0 Å². The van der Waals surface area contributed by atoms with E-state index in [0.717, 1.165) is 24.1 Å². The van der Waals surface area contributed by atoms with Crippen LogP contribution in [0.25, 0.3) is 0 Å². The van der Waals surface area contributed by atoms with Crippen molar-refractivity contribution in [1.82, 2.24) is 14.8 Å². The molecule has 0 spiro atoms. The number of carbonyl (C=O) groups excluding carboxylic acids is 3. The minimum atomic E-state index is -0.340. The van der Waals surface area contributed by atoms with E-state index >= 15 is 0 Å². The van der Waals surface area contributed by atoms with Crippen LogP contribution in [0.5, 0.6) is 0 Å². The lowest BCUT2D eigenvalue weighted by atomic mass is 9.95. The Kier molecular flexibility index (Phi) is 6.53. The summed E-state index contributed by atoms with van der Waals surface area (Å²) in [5, 5.41) is 2.88. The molecule has 3 heterocycles. The molecule has 3 amide bonds. The van der Waals surface area contributed by atoms with Gasteiger partial charge in [0.1, 0.15) is 5.82 Å². The van der Waals surface area contributed by atoms with Crippen LogP contribution < -0.4 is 5.32 Å². The molecule has 1 aromatic heterocycles. The molecular weight excluding hydrogens is 404 g/mol. The predicted molar refractivity (Wildman–Crippen MR) is 122 cm³/mol. The average molecular weight is 435 g/mol. The molecule has 2 fully saturated rings. The van der Waals surface area contributed by atoms with E-state index in [9.17, 15) is 14.4 Å². The maximum Gasteiger partial charge on any atom is 0.230 e. The first kappa shape index (κ1) is 22.0. The lowest BCUT2D eigenvalue weighted by molar-refractivity contribution is -0.138. The lowest BCUT2D eigenvalue weighted by Gasteiger charge is -2.33. The van der Waals surface area contributed by atoms with Gasteiger partial charge in [-0.25, -0.2) is 4.98 Å². The zero-order chi connectivity index (χ0) is 22.7. The SMILES string of the molecule is Cc1ccc(CN2CC(C(=O)N3CCCC(C(=O)Nc4cccc(C)n4)C3)CC2=O)cc1. The molecule has 4 rings (SSSR count). The van der Waals surface area contributed by atoms with E-state index in [4.69, 9.17) is 0 Å². The third-order valence-corrected chi connectivity index (χ3v) is 6.30. The van der Waals surface area contributed by atoms with Gasteiger partial charge in [0.05, 0.1) is 11.8 Å². The second-order valence-electron chi connectivity index (χ2n) is 8.94. The van der Waals surface area contributed by atoms with Gasteiger partial charge in [0.25, 0.3) is 0 Å². The van der Waals surface area contributed by atoms with Gasteiger partial charge in [-0.05, 0) is 44.4 Å². The maximum absolute atomic E-state index is 13.2. The maximum atomic E-state index is 13.2. The van der Waals surface area contributed by atoms with Crippen molar-refractivity contribution in [2.24, 2.45) is 11.8 Å². The van der Waals surface area contributed by atoms with Crippen molar-refractivity contribution in [3.05, 3.63) is 59.3 Å². The molecule has 2 aliphatic rings. The number of carbonyl (C=O) groups is 3. The third kappa shape index (κ3) is 5.15. The molecule has 2 aliphatic heterocycles. The van der Waals surface area contributed by atoms with Crippen molar-refractivity contribution < 1.29 is 14.4 Å². The number of anilines is 1. The van der Waals surface area contributed by atoms with Crippen molar-refractivity contribution in [1.29, 1.82) is 0 Å². The summed E-state index contributed by atoms with van der Waals surface area (Å²) >= 11 is 0. The predicted octanol–water partition coefficient (Wildman–Crippen LogP) is 2.92. The Bertz CT molecular complexity index is 1000. The molecule has 0 saturated carbocycles. The fourth-order valence-electron chi connectivity index (χ4n) is 4.49. The number of likely N-dealkylation sites (tertiary alicyclic amines) is 2. The van der Waals surface area contributed by atoms with Crippen molar-refractivity contribution >= 4 is 23.5 Å². The minimum Gasteiger partial charge on any atom is -0.342 e. The van der Waals surface area contributed by atoms with Crippen LogP contribution in [0.3, 0.4) is 0 Å². The molecule has 2 unspecified atom stereocenters. The van der Waals surface area contributed by atoms with Crippen molar-refractivity contribution in [3.8, 4) is 0 Å². The van der Waals surface area contributed by atoms with Gasteiger partial charge in [-0.2, -0.15) is 0 Å². The smallest absolute Gasteiger partial charge is 0.230 e. The van der Waals surface area contributed by atoms with Gasteiger partial charge < -0.3 is 15.1 Å². The number of pyridine rings is 1. The molecule has 7 heteroatoms. The second-order valence-corrected chi connectivity index (χ2v) is 8.94. The standard InChI is InChI=1S/C25H30N4O3/c1-17-8-10-19(11-9-17)14-29-16-21(13-23(29)30)25(32)28-12-4-6-20(15-28)24(31)27-22-7-3-5-18(2)26-22/h3,5,7-11,20-21H,4,6,12-16H2,1-2H3,(H,26,27,31). The number of nitrogens with zero attached hydrogens (tertiary/aromatic N) is 3. The topological polar surface area (TPSA) is 82.6 Å². The Morgan fingerprint density at radius 2 is 1.84 bits per heavy atom. The summed E-state index contributed by atoms with van der Waals surface area (Å²) in [6.45, 7) is 5.89. The Morgan fingerprint density at radius 3 is 2.59 bits per heavy atom. The highest BCUT2D eigenvalue weighted by atomic mass is 16.2. The molecule has 2 aromatic rings. The quantitative estimate of drug-likeness (QED) is 0.784. The zero-order valence-corrected chi connectivity index (χ0v) is 18.7. The third-order valence-electron chi connectivity index (χ3n) is 6.30. The first-order valence-electron chi connectivity index (χ1n) is 11.3. The molecule has 2 atom stereocenters. The molecule has 32 heavy (non-hydrogen) atoms. The minimum absolute atomic E-state index is 0.0146. The van der Waals surface area contributed by atoms with E-state index in [1.165, 1.54) is 5.56 Å². The molecule has 2 saturated heterocycles. The van der Waals surface area contributed by atoms with Crippen LogP contribution in [0.15, 0.2) is 42.5 Å². The summed E-state index contributed by atoms with van der Waals surface area (Å²) in [5.41, 5.74) is 3.08. The summed E-state index contributed by atoms with van der Waals surface area (Å²) in [4.78, 5) is 46.3. The summed E-state index contributed by atoms with van der Waals surface area (Å²) in [7, 11) is 0. The van der Waals surface area contributed by atoms with Crippen LogP contribution in [-0.4, -0.2) is 52.1 Å². The Balaban J connectivity index is 1.34. The van der Waals surface area contributed by atoms with Gasteiger partial charge in [-0.1, -0.05) is 35.9 Å². The van der Waals surface area contributed by atoms with E-state index < -0.39 is 0 Å². The Hall–Kier alpha value is -3.22. The van der Waals surface area contributed by atoms with Crippen LogP contribution in [0.1, 0.15) is 36.1 Å². The van der Waals surface area contributed by atoms with Crippen LogP contribution >= 0.6 is 0 Å². The number of amides is 3. The number of benzene rings is 1. The highest BCUT2D eigenvalue weighted by Crippen LogP contribution is 2.26. The number of piperidine rings is 1. The van der Waals surface area contributed by atoms with Crippen LogP contribution in [0, 0.1) is 25.7 Å². The summed E-state index contributed by atoms with van der Waals surface area (Å²) in [6.07, 6.45) is 1.76. The normalized spacial score (nSPS) is 21.0. The molecule has 168 valence electrons. The first-order chi connectivity index (χ1) is 15.4. The fraction of sp³-hybridized carbons (Fsp3) is 0.440. The number of rotatable bonds is 5. The lowest BCUT2D eigenvalue weighted by Crippen LogP contribution is -2.46. The summed E-state index contributed by atoms with van der Waals surface area (Å²) in [6, 6.07) is 13.6. The summed E-state index contributed by atoms with van der Waals surface area (Å²) in [5.74, 6) is -0.184. The van der Waals surface area contributed by atoms with E-state index in [2.05, 4.69) is 10.3 Å². The van der Waals surface area contributed by atoms with Gasteiger partial charge >= 0.3 is 0 Å². The van der Waals surface area contributed by atoms with Crippen LogP contribution in [0.2, 0.25) is 0 Å².